The molecule has 4 aromatic rings. The Morgan fingerprint density at radius 1 is 0.938 bits per heavy atom. The van der Waals surface area contributed by atoms with Crippen molar-refractivity contribution in [3.8, 4) is 11.4 Å². The molecule has 0 bridgehead atoms. The molecule has 5 nitrogen and oxygen atoms in total. The predicted octanol–water partition coefficient (Wildman–Crippen LogP) is 6.26. The standard InChI is InChI=1S/C25H19ClN4OS/c1-16-21(24-28-23(29-31-24)18-10-6-3-7-11-18)22(17-8-4-2-5-9-17)27-25(32)30(16)20-14-12-19(26)13-15-20/h2-15,22H,1H3,(H,27,32). The second-order valence-corrected chi connectivity index (χ2v) is 8.22. The number of allylic oxidation sites excluding steroid dienone is 1. The van der Waals surface area contributed by atoms with Gasteiger partial charge in [0.1, 0.15) is 0 Å². The van der Waals surface area contributed by atoms with E-state index in [2.05, 4.69) is 22.6 Å². The zero-order valence-corrected chi connectivity index (χ0v) is 18.8. The Labute approximate surface area is 196 Å². The quantitative estimate of drug-likeness (QED) is 0.364. The smallest absolute Gasteiger partial charge is 0.258 e. The maximum Gasteiger partial charge on any atom is 0.258 e. The minimum absolute atomic E-state index is 0.226. The minimum atomic E-state index is -0.226. The van der Waals surface area contributed by atoms with E-state index in [1.807, 2.05) is 84.6 Å². The number of hydrogen-bond acceptors (Lipinski definition) is 4. The van der Waals surface area contributed by atoms with E-state index >= 15 is 0 Å². The molecule has 0 amide bonds. The third-order valence-electron chi connectivity index (χ3n) is 5.39. The number of thiocarbonyl (C=S) groups is 1. The molecule has 0 saturated carbocycles. The number of rotatable bonds is 4. The molecule has 1 N–H and O–H groups in total. The normalized spacial score (nSPS) is 16.2. The van der Waals surface area contributed by atoms with Crippen molar-refractivity contribution in [1.29, 1.82) is 0 Å². The van der Waals surface area contributed by atoms with Crippen molar-refractivity contribution in [2.45, 2.75) is 13.0 Å². The first kappa shape index (κ1) is 20.4. The van der Waals surface area contributed by atoms with Crippen LogP contribution in [-0.4, -0.2) is 15.3 Å². The van der Waals surface area contributed by atoms with E-state index in [4.69, 9.17) is 33.3 Å². The highest BCUT2D eigenvalue weighted by molar-refractivity contribution is 7.80. The van der Waals surface area contributed by atoms with Gasteiger partial charge in [0.15, 0.2) is 5.11 Å². The molecule has 158 valence electrons. The van der Waals surface area contributed by atoms with Crippen molar-refractivity contribution in [3.05, 3.63) is 107 Å². The molecular weight excluding hydrogens is 440 g/mol. The zero-order valence-electron chi connectivity index (χ0n) is 17.2. The van der Waals surface area contributed by atoms with Crippen molar-refractivity contribution in [1.82, 2.24) is 15.5 Å². The lowest BCUT2D eigenvalue weighted by Gasteiger charge is -2.37. The van der Waals surface area contributed by atoms with Crippen LogP contribution in [-0.2, 0) is 0 Å². The van der Waals surface area contributed by atoms with Gasteiger partial charge in [-0.15, -0.1) is 0 Å². The van der Waals surface area contributed by atoms with E-state index in [0.29, 0.717) is 21.9 Å². The van der Waals surface area contributed by atoms with Crippen molar-refractivity contribution >= 4 is 40.2 Å². The molecule has 0 spiro atoms. The van der Waals surface area contributed by atoms with Gasteiger partial charge in [0, 0.05) is 22.0 Å². The Bertz CT molecular complexity index is 1290. The van der Waals surface area contributed by atoms with Crippen LogP contribution in [0, 0.1) is 0 Å². The van der Waals surface area contributed by atoms with E-state index in [1.54, 1.807) is 0 Å². The second-order valence-electron chi connectivity index (χ2n) is 7.39. The Balaban J connectivity index is 1.65. The summed E-state index contributed by atoms with van der Waals surface area (Å²) in [5.74, 6) is 0.989. The summed E-state index contributed by atoms with van der Waals surface area (Å²) >= 11 is 11.9. The van der Waals surface area contributed by atoms with Crippen LogP contribution in [0.4, 0.5) is 5.69 Å². The largest absolute Gasteiger partial charge is 0.351 e. The van der Waals surface area contributed by atoms with Crippen LogP contribution in [0.1, 0.15) is 24.4 Å². The van der Waals surface area contributed by atoms with E-state index < -0.39 is 0 Å². The van der Waals surface area contributed by atoms with Gasteiger partial charge < -0.3 is 9.84 Å². The van der Waals surface area contributed by atoms with E-state index in [-0.39, 0.29) is 6.04 Å². The summed E-state index contributed by atoms with van der Waals surface area (Å²) in [6.07, 6.45) is 0. The Morgan fingerprint density at radius 2 is 1.59 bits per heavy atom. The van der Waals surface area contributed by atoms with E-state index in [1.165, 1.54) is 0 Å². The van der Waals surface area contributed by atoms with Gasteiger partial charge >= 0.3 is 0 Å². The van der Waals surface area contributed by atoms with Gasteiger partial charge in [-0.05, 0) is 49.0 Å². The number of hydrogen-bond donors (Lipinski definition) is 1. The van der Waals surface area contributed by atoms with Crippen LogP contribution in [0.5, 0.6) is 0 Å². The molecule has 0 fully saturated rings. The van der Waals surface area contributed by atoms with Crippen molar-refractivity contribution < 1.29 is 4.52 Å². The lowest BCUT2D eigenvalue weighted by atomic mass is 9.94. The molecule has 0 saturated heterocycles. The van der Waals surface area contributed by atoms with Gasteiger partial charge in [-0.25, -0.2) is 0 Å². The molecule has 0 radical (unpaired) electrons. The van der Waals surface area contributed by atoms with Gasteiger partial charge in [0.25, 0.3) is 5.89 Å². The molecule has 2 heterocycles. The van der Waals surface area contributed by atoms with Crippen molar-refractivity contribution in [2.75, 3.05) is 4.90 Å². The number of benzene rings is 3. The number of anilines is 1. The third kappa shape index (κ3) is 3.79. The van der Waals surface area contributed by atoms with Gasteiger partial charge in [0.05, 0.1) is 11.6 Å². The Morgan fingerprint density at radius 3 is 2.28 bits per heavy atom. The lowest BCUT2D eigenvalue weighted by Crippen LogP contribution is -2.46. The van der Waals surface area contributed by atoms with Gasteiger partial charge in [-0.1, -0.05) is 77.4 Å². The fourth-order valence-electron chi connectivity index (χ4n) is 3.85. The summed E-state index contributed by atoms with van der Waals surface area (Å²) in [7, 11) is 0. The summed E-state index contributed by atoms with van der Waals surface area (Å²) in [5.41, 5.74) is 4.63. The summed E-state index contributed by atoms with van der Waals surface area (Å²) in [6, 6.07) is 27.2. The zero-order chi connectivity index (χ0) is 22.1. The summed E-state index contributed by atoms with van der Waals surface area (Å²) < 4.78 is 5.77. The van der Waals surface area contributed by atoms with Crippen molar-refractivity contribution in [2.24, 2.45) is 0 Å². The first-order valence-electron chi connectivity index (χ1n) is 10.1. The molecule has 1 aliphatic heterocycles. The van der Waals surface area contributed by atoms with Crippen LogP contribution >= 0.6 is 23.8 Å². The highest BCUT2D eigenvalue weighted by atomic mass is 35.5. The maximum absolute atomic E-state index is 6.10. The first-order chi connectivity index (χ1) is 15.6. The fourth-order valence-corrected chi connectivity index (χ4v) is 4.34. The molecule has 1 atom stereocenters. The molecule has 1 aliphatic rings. The average Bonchev–Trinajstić information content (AvgIpc) is 3.31. The van der Waals surface area contributed by atoms with Gasteiger partial charge in [0.2, 0.25) is 5.82 Å². The SMILES string of the molecule is CC1=C(c2nc(-c3ccccc3)no2)C(c2ccccc2)NC(=S)N1c1ccc(Cl)cc1. The molecular formula is C25H19ClN4OS. The first-order valence-corrected chi connectivity index (χ1v) is 10.9. The number of aromatic nitrogens is 2. The van der Waals surface area contributed by atoms with Crippen LogP contribution < -0.4 is 10.2 Å². The second kappa shape index (κ2) is 8.57. The van der Waals surface area contributed by atoms with Gasteiger partial charge in [-0.2, -0.15) is 4.98 Å². The van der Waals surface area contributed by atoms with E-state index in [9.17, 15) is 0 Å². The van der Waals surface area contributed by atoms with Crippen LogP contribution in [0.25, 0.3) is 17.0 Å². The average molecular weight is 459 g/mol. The Hall–Kier alpha value is -3.48. The van der Waals surface area contributed by atoms with Crippen LogP contribution in [0.3, 0.4) is 0 Å². The third-order valence-corrected chi connectivity index (χ3v) is 5.94. The summed E-state index contributed by atoms with van der Waals surface area (Å²) in [4.78, 5) is 6.70. The molecule has 7 heteroatoms. The molecule has 1 aromatic heterocycles. The highest BCUT2D eigenvalue weighted by Crippen LogP contribution is 2.39. The van der Waals surface area contributed by atoms with Crippen LogP contribution in [0.2, 0.25) is 5.02 Å². The minimum Gasteiger partial charge on any atom is -0.351 e. The van der Waals surface area contributed by atoms with Crippen LogP contribution in [0.15, 0.2) is 95.1 Å². The molecule has 32 heavy (non-hydrogen) atoms. The lowest BCUT2D eigenvalue weighted by molar-refractivity contribution is 0.404. The van der Waals surface area contributed by atoms with Gasteiger partial charge in [-0.3, -0.25) is 4.90 Å². The fraction of sp³-hybridized carbons (Fsp3) is 0.0800. The number of halogens is 1. The highest BCUT2D eigenvalue weighted by Gasteiger charge is 2.34. The Kier molecular flexibility index (Phi) is 5.47. The molecule has 3 aromatic carbocycles. The summed E-state index contributed by atoms with van der Waals surface area (Å²) in [5, 5.41) is 8.95. The predicted molar refractivity (Wildman–Crippen MR) is 131 cm³/mol. The molecule has 1 unspecified atom stereocenters. The van der Waals surface area contributed by atoms with E-state index in [0.717, 1.165) is 28.1 Å². The summed E-state index contributed by atoms with van der Waals surface area (Å²) in [6.45, 7) is 2.01. The molecule has 0 aliphatic carbocycles. The number of nitrogens with one attached hydrogen (secondary N) is 1. The van der Waals surface area contributed by atoms with Crippen molar-refractivity contribution in [3.63, 3.8) is 0 Å². The number of nitrogens with zero attached hydrogens (tertiary/aromatic N) is 3. The maximum atomic E-state index is 6.10. The molecule has 5 rings (SSSR count). The monoisotopic (exact) mass is 458 g/mol. The topological polar surface area (TPSA) is 54.2 Å².